The molecule has 1 aromatic rings. The van der Waals surface area contributed by atoms with Gasteiger partial charge in [-0.1, -0.05) is 13.8 Å². The Morgan fingerprint density at radius 2 is 1.82 bits per heavy atom. The molecule has 1 saturated heterocycles. The van der Waals surface area contributed by atoms with Crippen LogP contribution >= 0.6 is 11.8 Å². The van der Waals surface area contributed by atoms with Gasteiger partial charge in [-0.25, -0.2) is 0 Å². The number of cyclic esters (lactones) is 1. The van der Waals surface area contributed by atoms with Crippen LogP contribution in [0.4, 0.5) is 5.69 Å². The van der Waals surface area contributed by atoms with Gasteiger partial charge in [0.15, 0.2) is 0 Å². The summed E-state index contributed by atoms with van der Waals surface area (Å²) in [5, 5.41) is 0. The van der Waals surface area contributed by atoms with Crippen molar-refractivity contribution in [3.8, 4) is 0 Å². The number of hydrogen-bond donors (Lipinski definition) is 1. The molecule has 1 aromatic carbocycles. The Kier molecular flexibility index (Phi) is 9.34. The fraction of sp³-hybridized carbons (Fsp3) is 0.462. The lowest BCUT2D eigenvalue weighted by Gasteiger charge is -1.94. The number of nitrogens with two attached hydrogens (primary N) is 1. The van der Waals surface area contributed by atoms with E-state index in [1.807, 2.05) is 44.4 Å². The summed E-state index contributed by atoms with van der Waals surface area (Å²) < 4.78 is 4.51. The predicted molar refractivity (Wildman–Crippen MR) is 74.2 cm³/mol. The number of thioether (sulfide) groups is 1. The first-order valence-electron chi connectivity index (χ1n) is 5.77. The molecule has 0 atom stereocenters. The van der Waals surface area contributed by atoms with Crippen molar-refractivity contribution in [1.82, 2.24) is 0 Å². The third kappa shape index (κ3) is 7.69. The highest BCUT2D eigenvalue weighted by molar-refractivity contribution is 7.98. The fourth-order valence-electron chi connectivity index (χ4n) is 1.08. The van der Waals surface area contributed by atoms with E-state index in [0.717, 1.165) is 12.1 Å². The van der Waals surface area contributed by atoms with Crippen molar-refractivity contribution in [3.05, 3.63) is 24.3 Å². The third-order valence-corrected chi connectivity index (χ3v) is 2.65. The maximum absolute atomic E-state index is 10.0. The molecule has 3 nitrogen and oxygen atoms in total. The summed E-state index contributed by atoms with van der Waals surface area (Å²) in [5.41, 5.74) is 6.30. The molecule has 4 heteroatoms. The van der Waals surface area contributed by atoms with Gasteiger partial charge in [0.1, 0.15) is 0 Å². The van der Waals surface area contributed by atoms with Crippen LogP contribution in [0.3, 0.4) is 0 Å². The number of carbonyl (C=O) groups is 1. The lowest BCUT2D eigenvalue weighted by Crippen LogP contribution is -1.88. The van der Waals surface area contributed by atoms with E-state index in [2.05, 4.69) is 4.74 Å². The predicted octanol–water partition coefficient (Wildman–Crippen LogP) is 3.34. The van der Waals surface area contributed by atoms with Crippen LogP contribution in [-0.2, 0) is 9.53 Å². The molecule has 0 unspecified atom stereocenters. The lowest BCUT2D eigenvalue weighted by molar-refractivity contribution is -0.137. The van der Waals surface area contributed by atoms with E-state index in [1.54, 1.807) is 11.8 Å². The van der Waals surface area contributed by atoms with Gasteiger partial charge >= 0.3 is 5.97 Å². The van der Waals surface area contributed by atoms with E-state index in [4.69, 9.17) is 5.73 Å². The molecule has 0 aromatic heterocycles. The summed E-state index contributed by atoms with van der Waals surface area (Å²) in [7, 11) is 0. The number of esters is 1. The van der Waals surface area contributed by atoms with Crippen LogP contribution in [0.1, 0.15) is 26.7 Å². The van der Waals surface area contributed by atoms with Crippen molar-refractivity contribution < 1.29 is 9.53 Å². The molecule has 0 spiro atoms. The van der Waals surface area contributed by atoms with Crippen molar-refractivity contribution in [3.63, 3.8) is 0 Å². The van der Waals surface area contributed by atoms with Gasteiger partial charge in [0.05, 0.1) is 6.61 Å². The van der Waals surface area contributed by atoms with E-state index in [9.17, 15) is 4.79 Å². The standard InChI is InChI=1S/C7H9NS.C4H6O2.C2H6/c1-9-7-4-2-6(8)3-5-7;5-4-2-1-3-6-4;1-2/h2-5H,8H2,1H3;1-3H2;1-2H3. The van der Waals surface area contributed by atoms with Crippen LogP contribution < -0.4 is 5.73 Å². The van der Waals surface area contributed by atoms with Crippen molar-refractivity contribution in [2.24, 2.45) is 0 Å². The summed E-state index contributed by atoms with van der Waals surface area (Å²) in [6.45, 7) is 4.64. The molecule has 0 bridgehead atoms. The van der Waals surface area contributed by atoms with E-state index >= 15 is 0 Å². The highest BCUT2D eigenvalue weighted by Gasteiger charge is 2.08. The number of benzene rings is 1. The zero-order chi connectivity index (χ0) is 13.1. The molecule has 1 aliphatic heterocycles. The Balaban J connectivity index is 0.000000278. The summed E-state index contributed by atoms with van der Waals surface area (Å²) in [4.78, 5) is 11.3. The molecule has 1 fully saturated rings. The van der Waals surface area contributed by atoms with E-state index in [1.165, 1.54) is 4.90 Å². The lowest BCUT2D eigenvalue weighted by atomic mass is 10.3. The number of nitrogen functional groups attached to an aromatic ring is 1. The second-order valence-electron chi connectivity index (χ2n) is 3.10. The van der Waals surface area contributed by atoms with Crippen molar-refractivity contribution in [2.45, 2.75) is 31.6 Å². The second-order valence-corrected chi connectivity index (χ2v) is 3.98. The summed E-state index contributed by atoms with van der Waals surface area (Å²) in [6.07, 6.45) is 3.59. The average Bonchev–Trinajstić information content (AvgIpc) is 2.85. The molecule has 0 amide bonds. The number of anilines is 1. The summed E-state index contributed by atoms with van der Waals surface area (Å²) in [6, 6.07) is 7.84. The Bertz CT molecular complexity index is 304. The van der Waals surface area contributed by atoms with Crippen LogP contribution in [0, 0.1) is 0 Å². The number of rotatable bonds is 1. The third-order valence-electron chi connectivity index (χ3n) is 1.90. The zero-order valence-corrected chi connectivity index (χ0v) is 11.5. The Hall–Kier alpha value is -1.16. The van der Waals surface area contributed by atoms with Gasteiger partial charge in [0.25, 0.3) is 0 Å². The average molecular weight is 255 g/mol. The minimum atomic E-state index is -0.0463. The molecule has 2 rings (SSSR count). The molecular formula is C13H21NO2S. The minimum absolute atomic E-state index is 0.0463. The van der Waals surface area contributed by atoms with Crippen LogP contribution in [-0.4, -0.2) is 18.8 Å². The quantitative estimate of drug-likeness (QED) is 0.475. The van der Waals surface area contributed by atoms with Gasteiger partial charge in [-0.05, 0) is 36.9 Å². The van der Waals surface area contributed by atoms with Crippen LogP contribution in [0.25, 0.3) is 0 Å². The molecule has 0 saturated carbocycles. The van der Waals surface area contributed by atoms with Crippen LogP contribution in [0.2, 0.25) is 0 Å². The fourth-order valence-corrected chi connectivity index (χ4v) is 1.49. The van der Waals surface area contributed by atoms with Crippen molar-refractivity contribution in [1.29, 1.82) is 0 Å². The highest BCUT2D eigenvalue weighted by Crippen LogP contribution is 2.15. The van der Waals surface area contributed by atoms with Gasteiger partial charge in [-0.15, -0.1) is 11.8 Å². The highest BCUT2D eigenvalue weighted by atomic mass is 32.2. The largest absolute Gasteiger partial charge is 0.466 e. The number of ether oxygens (including phenoxy) is 1. The first-order valence-corrected chi connectivity index (χ1v) is 7.00. The molecule has 2 N–H and O–H groups in total. The van der Waals surface area contributed by atoms with E-state index in [-0.39, 0.29) is 5.97 Å². The van der Waals surface area contributed by atoms with Crippen molar-refractivity contribution in [2.75, 3.05) is 18.6 Å². The van der Waals surface area contributed by atoms with Crippen LogP contribution in [0.5, 0.6) is 0 Å². The zero-order valence-electron chi connectivity index (χ0n) is 10.7. The van der Waals surface area contributed by atoms with Gasteiger partial charge in [-0.2, -0.15) is 0 Å². The maximum atomic E-state index is 10.0. The number of carbonyl (C=O) groups excluding carboxylic acids is 1. The van der Waals surface area contributed by atoms with E-state index < -0.39 is 0 Å². The molecule has 0 radical (unpaired) electrons. The second kappa shape index (κ2) is 10.0. The topological polar surface area (TPSA) is 52.3 Å². The first-order chi connectivity index (χ1) is 8.22. The molecule has 0 aliphatic carbocycles. The summed E-state index contributed by atoms with van der Waals surface area (Å²) >= 11 is 1.72. The summed E-state index contributed by atoms with van der Waals surface area (Å²) in [5.74, 6) is -0.0463. The molecule has 1 heterocycles. The normalized spacial score (nSPS) is 12.8. The van der Waals surface area contributed by atoms with Gasteiger partial charge in [0.2, 0.25) is 0 Å². The van der Waals surface area contributed by atoms with Gasteiger partial charge in [-0.3, -0.25) is 4.79 Å². The van der Waals surface area contributed by atoms with Crippen LogP contribution in [0.15, 0.2) is 29.2 Å². The molecule has 96 valence electrons. The SMILES string of the molecule is CC.CSc1ccc(N)cc1.O=C1CCCO1. The molecule has 17 heavy (non-hydrogen) atoms. The van der Waals surface area contributed by atoms with Gasteiger partial charge in [0, 0.05) is 17.0 Å². The Morgan fingerprint density at radius 3 is 2.12 bits per heavy atom. The smallest absolute Gasteiger partial charge is 0.305 e. The monoisotopic (exact) mass is 255 g/mol. The van der Waals surface area contributed by atoms with E-state index in [0.29, 0.717) is 13.0 Å². The van der Waals surface area contributed by atoms with Gasteiger partial charge < -0.3 is 10.5 Å². The molecule has 1 aliphatic rings. The Labute approximate surface area is 108 Å². The maximum Gasteiger partial charge on any atom is 0.305 e. The van der Waals surface area contributed by atoms with Crippen molar-refractivity contribution >= 4 is 23.4 Å². The Morgan fingerprint density at radius 1 is 1.24 bits per heavy atom. The molecular weight excluding hydrogens is 234 g/mol. The minimum Gasteiger partial charge on any atom is -0.466 e. The first kappa shape index (κ1) is 15.8. The number of hydrogen-bond acceptors (Lipinski definition) is 4.